The van der Waals surface area contributed by atoms with Gasteiger partial charge in [-0.15, -0.1) is 0 Å². The first kappa shape index (κ1) is 17.4. The summed E-state index contributed by atoms with van der Waals surface area (Å²) in [5, 5.41) is 2.91. The van der Waals surface area contributed by atoms with Crippen LogP contribution in [0.2, 0.25) is 0 Å². The van der Waals surface area contributed by atoms with E-state index in [1.165, 1.54) is 0 Å². The lowest BCUT2D eigenvalue weighted by Crippen LogP contribution is -2.21. The molecule has 0 spiro atoms. The number of hydrogen-bond acceptors (Lipinski definition) is 5. The van der Waals surface area contributed by atoms with Crippen LogP contribution in [-0.2, 0) is 11.2 Å². The van der Waals surface area contributed by atoms with E-state index in [-0.39, 0.29) is 12.3 Å². The van der Waals surface area contributed by atoms with Crippen LogP contribution < -0.4 is 19.5 Å². The number of benzene rings is 2. The average Bonchev–Trinajstić information content (AvgIpc) is 2.92. The molecule has 27 heavy (non-hydrogen) atoms. The summed E-state index contributed by atoms with van der Waals surface area (Å²) in [6, 6.07) is 11.3. The largest absolute Gasteiger partial charge is 0.497 e. The highest BCUT2D eigenvalue weighted by molar-refractivity contribution is 6.14. The lowest BCUT2D eigenvalue weighted by molar-refractivity contribution is -0.115. The van der Waals surface area contributed by atoms with Gasteiger partial charge in [0.15, 0.2) is 11.5 Å². The molecule has 0 aromatic heterocycles. The molecule has 0 aliphatic carbocycles. The van der Waals surface area contributed by atoms with Crippen molar-refractivity contribution in [1.82, 2.24) is 0 Å². The minimum Gasteiger partial charge on any atom is -0.497 e. The Hall–Kier alpha value is -3.02. The molecule has 0 radical (unpaired) electrons. The van der Waals surface area contributed by atoms with Crippen LogP contribution in [0.3, 0.4) is 0 Å². The molecule has 6 nitrogen and oxygen atoms in total. The maximum absolute atomic E-state index is 12.5. The molecule has 2 heterocycles. The highest BCUT2D eigenvalue weighted by Gasteiger charge is 2.21. The summed E-state index contributed by atoms with van der Waals surface area (Å²) in [5.41, 5.74) is 3.66. The van der Waals surface area contributed by atoms with Gasteiger partial charge < -0.3 is 19.5 Å². The van der Waals surface area contributed by atoms with Crippen LogP contribution in [0.1, 0.15) is 24.0 Å². The van der Waals surface area contributed by atoms with E-state index in [4.69, 9.17) is 14.2 Å². The standard InChI is InChI=1S/C21H22N2O4/c1-25-16-5-3-15(4-6-16)23-21(24)13-18-17-12-20-19(26-9-2-10-27-20)11-14(17)7-8-22-18/h3-6,11-12H,2,7-10,13H2,1H3,(H,23,24). The van der Waals surface area contributed by atoms with E-state index in [1.807, 2.05) is 36.4 Å². The highest BCUT2D eigenvalue weighted by Crippen LogP contribution is 2.35. The number of hydrogen-bond donors (Lipinski definition) is 1. The number of amides is 1. The fraction of sp³-hybridized carbons (Fsp3) is 0.333. The van der Waals surface area contributed by atoms with Crippen LogP contribution in [0.15, 0.2) is 41.4 Å². The fourth-order valence-corrected chi connectivity index (χ4v) is 3.31. The molecular weight excluding hydrogens is 344 g/mol. The maximum atomic E-state index is 12.5. The van der Waals surface area contributed by atoms with E-state index in [0.717, 1.165) is 52.6 Å². The van der Waals surface area contributed by atoms with Gasteiger partial charge in [0.1, 0.15) is 5.75 Å². The summed E-state index contributed by atoms with van der Waals surface area (Å²) in [5.74, 6) is 2.17. The van der Waals surface area contributed by atoms with Crippen molar-refractivity contribution in [2.75, 3.05) is 32.2 Å². The maximum Gasteiger partial charge on any atom is 0.230 e. The molecule has 0 bridgehead atoms. The van der Waals surface area contributed by atoms with Crippen molar-refractivity contribution in [3.05, 3.63) is 47.5 Å². The number of aliphatic imine (C=N–C) groups is 1. The van der Waals surface area contributed by atoms with Crippen LogP contribution in [0.4, 0.5) is 5.69 Å². The zero-order valence-corrected chi connectivity index (χ0v) is 15.3. The van der Waals surface area contributed by atoms with Crippen molar-refractivity contribution in [3.8, 4) is 17.2 Å². The summed E-state index contributed by atoms with van der Waals surface area (Å²) >= 11 is 0. The molecule has 1 N–H and O–H groups in total. The van der Waals surface area contributed by atoms with Gasteiger partial charge in [-0.1, -0.05) is 0 Å². The van der Waals surface area contributed by atoms with Gasteiger partial charge in [-0.2, -0.15) is 0 Å². The van der Waals surface area contributed by atoms with Gasteiger partial charge in [0.05, 0.1) is 32.5 Å². The van der Waals surface area contributed by atoms with Crippen molar-refractivity contribution in [1.29, 1.82) is 0 Å². The summed E-state index contributed by atoms with van der Waals surface area (Å²) in [4.78, 5) is 17.1. The Morgan fingerprint density at radius 1 is 1.15 bits per heavy atom. The molecule has 2 aromatic rings. The average molecular weight is 366 g/mol. The molecule has 140 valence electrons. The van der Waals surface area contributed by atoms with Gasteiger partial charge in [0.2, 0.25) is 5.91 Å². The smallest absolute Gasteiger partial charge is 0.230 e. The lowest BCUT2D eigenvalue weighted by Gasteiger charge is -2.19. The molecule has 0 saturated heterocycles. The topological polar surface area (TPSA) is 69.2 Å². The number of fused-ring (bicyclic) bond motifs is 2. The minimum absolute atomic E-state index is 0.0983. The van der Waals surface area contributed by atoms with Crippen LogP contribution in [0.5, 0.6) is 17.2 Å². The van der Waals surface area contributed by atoms with Crippen molar-refractivity contribution in [2.24, 2.45) is 4.99 Å². The number of carbonyl (C=O) groups excluding carboxylic acids is 1. The van der Waals surface area contributed by atoms with Crippen LogP contribution in [0.25, 0.3) is 0 Å². The number of anilines is 1. The van der Waals surface area contributed by atoms with Gasteiger partial charge in [-0.3, -0.25) is 9.79 Å². The first-order valence-corrected chi connectivity index (χ1v) is 9.13. The first-order valence-electron chi connectivity index (χ1n) is 9.13. The number of ether oxygens (including phenoxy) is 3. The van der Waals surface area contributed by atoms with Crippen LogP contribution >= 0.6 is 0 Å². The summed E-state index contributed by atoms with van der Waals surface area (Å²) in [6.45, 7) is 1.98. The van der Waals surface area contributed by atoms with E-state index in [2.05, 4.69) is 10.3 Å². The number of methoxy groups -OCH3 is 1. The normalized spacial score (nSPS) is 15.2. The van der Waals surface area contributed by atoms with Gasteiger partial charge >= 0.3 is 0 Å². The van der Waals surface area contributed by atoms with Crippen molar-refractivity contribution >= 4 is 17.3 Å². The quantitative estimate of drug-likeness (QED) is 0.902. The third-order valence-electron chi connectivity index (χ3n) is 4.67. The molecule has 4 rings (SSSR count). The summed E-state index contributed by atoms with van der Waals surface area (Å²) in [6.07, 6.45) is 1.93. The second kappa shape index (κ2) is 7.70. The molecule has 6 heteroatoms. The Morgan fingerprint density at radius 3 is 2.63 bits per heavy atom. The Morgan fingerprint density at radius 2 is 1.89 bits per heavy atom. The SMILES string of the molecule is COc1ccc(NC(=O)CC2=NCCc3cc4c(cc32)OCCCO4)cc1. The number of rotatable bonds is 4. The summed E-state index contributed by atoms with van der Waals surface area (Å²) < 4.78 is 16.7. The zero-order chi connectivity index (χ0) is 18.6. The van der Waals surface area contributed by atoms with Gasteiger partial charge in [-0.25, -0.2) is 0 Å². The summed E-state index contributed by atoms with van der Waals surface area (Å²) in [7, 11) is 1.61. The Balaban J connectivity index is 1.50. The number of carbonyl (C=O) groups is 1. The lowest BCUT2D eigenvalue weighted by atomic mass is 9.95. The van der Waals surface area contributed by atoms with Gasteiger partial charge in [0, 0.05) is 24.2 Å². The molecule has 2 aliphatic rings. The monoisotopic (exact) mass is 366 g/mol. The number of nitrogens with one attached hydrogen (secondary N) is 1. The second-order valence-electron chi connectivity index (χ2n) is 6.54. The third kappa shape index (κ3) is 3.89. The molecule has 0 unspecified atom stereocenters. The zero-order valence-electron chi connectivity index (χ0n) is 15.3. The predicted octanol–water partition coefficient (Wildman–Crippen LogP) is 3.23. The highest BCUT2D eigenvalue weighted by atomic mass is 16.5. The van der Waals surface area contributed by atoms with Crippen molar-refractivity contribution in [3.63, 3.8) is 0 Å². The van der Waals surface area contributed by atoms with E-state index < -0.39 is 0 Å². The van der Waals surface area contributed by atoms with E-state index in [0.29, 0.717) is 19.8 Å². The van der Waals surface area contributed by atoms with Gasteiger partial charge in [-0.05, 0) is 48.4 Å². The fourth-order valence-electron chi connectivity index (χ4n) is 3.31. The Labute approximate surface area is 158 Å². The van der Waals surface area contributed by atoms with Crippen LogP contribution in [-0.4, -0.2) is 38.5 Å². The Kier molecular flexibility index (Phi) is 4.96. The minimum atomic E-state index is -0.0983. The molecule has 1 amide bonds. The second-order valence-corrected chi connectivity index (χ2v) is 6.54. The van der Waals surface area contributed by atoms with Crippen molar-refractivity contribution in [2.45, 2.75) is 19.3 Å². The predicted molar refractivity (Wildman–Crippen MR) is 103 cm³/mol. The van der Waals surface area contributed by atoms with Crippen molar-refractivity contribution < 1.29 is 19.0 Å². The number of nitrogens with zero attached hydrogens (tertiary/aromatic N) is 1. The molecule has 0 fully saturated rings. The first-order chi connectivity index (χ1) is 13.2. The molecule has 0 atom stereocenters. The molecule has 0 saturated carbocycles. The molecule has 2 aromatic carbocycles. The van der Waals surface area contributed by atoms with E-state index in [1.54, 1.807) is 7.11 Å². The molecule has 2 aliphatic heterocycles. The Bertz CT molecular complexity index is 874. The molecular formula is C21H22N2O4. The third-order valence-corrected chi connectivity index (χ3v) is 4.67. The van der Waals surface area contributed by atoms with Gasteiger partial charge in [0.25, 0.3) is 0 Å². The van der Waals surface area contributed by atoms with E-state index in [9.17, 15) is 4.79 Å². The van der Waals surface area contributed by atoms with Crippen LogP contribution in [0, 0.1) is 0 Å². The van der Waals surface area contributed by atoms with E-state index >= 15 is 0 Å².